The first kappa shape index (κ1) is 13.9. The summed E-state index contributed by atoms with van der Waals surface area (Å²) in [7, 11) is -0.00444. The summed E-state index contributed by atoms with van der Waals surface area (Å²) in [5, 5.41) is 0. The van der Waals surface area contributed by atoms with Crippen molar-refractivity contribution in [3.05, 3.63) is 0 Å². The number of thiol groups is 1. The Hall–Kier alpha value is 0.880. The molecular formula is C9H23NS3. The van der Waals surface area contributed by atoms with Crippen LogP contribution >= 0.6 is 31.2 Å². The van der Waals surface area contributed by atoms with E-state index in [0.717, 1.165) is 4.32 Å². The molecule has 0 aromatic carbocycles. The molecule has 0 saturated heterocycles. The van der Waals surface area contributed by atoms with Gasteiger partial charge in [-0.3, -0.25) is 5.73 Å². The van der Waals surface area contributed by atoms with Crippen LogP contribution in [0.3, 0.4) is 0 Å². The molecule has 2 N–H and O–H groups in total. The van der Waals surface area contributed by atoms with E-state index in [1.165, 1.54) is 33.8 Å². The van der Waals surface area contributed by atoms with Crippen LogP contribution in [0.15, 0.2) is 0 Å². The molecule has 0 bridgehead atoms. The normalized spacial score (nSPS) is 15.1. The van der Waals surface area contributed by atoms with Gasteiger partial charge in [-0.25, -0.2) is 8.75 Å². The van der Waals surface area contributed by atoms with E-state index >= 15 is 0 Å². The topological polar surface area (TPSA) is 26.0 Å². The third-order valence-corrected chi connectivity index (χ3v) is 13.7. The zero-order valence-corrected chi connectivity index (χ0v) is 11.7. The van der Waals surface area contributed by atoms with Gasteiger partial charge in [0.1, 0.15) is 0 Å². The van der Waals surface area contributed by atoms with Crippen molar-refractivity contribution in [3.8, 4) is 0 Å². The Bertz CT molecular complexity index is 196. The van der Waals surface area contributed by atoms with E-state index in [1.807, 2.05) is 0 Å². The fourth-order valence-electron chi connectivity index (χ4n) is 1.90. The molecule has 0 saturated carbocycles. The van der Waals surface area contributed by atoms with Gasteiger partial charge in [-0.15, -0.1) is 11.7 Å². The maximum atomic E-state index is 6.18. The van der Waals surface area contributed by atoms with Crippen molar-refractivity contribution in [2.75, 3.05) is 23.0 Å². The second-order valence-electron chi connectivity index (χ2n) is 3.37. The second kappa shape index (κ2) is 5.10. The van der Waals surface area contributed by atoms with Crippen LogP contribution in [-0.4, -0.2) is 27.3 Å². The van der Waals surface area contributed by atoms with E-state index in [4.69, 9.17) is 5.73 Å². The van der Waals surface area contributed by atoms with Gasteiger partial charge in [0.2, 0.25) is 0 Å². The van der Waals surface area contributed by atoms with E-state index < -0.39 is 8.75 Å². The Morgan fingerprint density at radius 1 is 1.08 bits per heavy atom. The third-order valence-electron chi connectivity index (χ3n) is 3.69. The summed E-state index contributed by atoms with van der Waals surface area (Å²) in [6, 6.07) is 0. The average molecular weight is 241 g/mol. The van der Waals surface area contributed by atoms with Crippen LogP contribution in [0.25, 0.3) is 0 Å². The van der Waals surface area contributed by atoms with Gasteiger partial charge in [0.05, 0.1) is 4.32 Å². The zero-order valence-electron chi connectivity index (χ0n) is 9.17. The fourth-order valence-corrected chi connectivity index (χ4v) is 9.64. The lowest BCUT2D eigenvalue weighted by Gasteiger charge is -2.49. The molecule has 0 aliphatic heterocycles. The van der Waals surface area contributed by atoms with Gasteiger partial charge in [-0.1, -0.05) is 27.7 Å². The smallest absolute Gasteiger partial charge is 0.0664 e. The summed E-state index contributed by atoms with van der Waals surface area (Å²) >= 11 is 4.26. The lowest BCUT2D eigenvalue weighted by molar-refractivity contribution is 1.28. The molecule has 13 heavy (non-hydrogen) atoms. The predicted molar refractivity (Wildman–Crippen MR) is 75.5 cm³/mol. The van der Waals surface area contributed by atoms with Crippen LogP contribution in [0, 0.1) is 0 Å². The maximum Gasteiger partial charge on any atom is 0.0664 e. The first-order chi connectivity index (χ1) is 6.04. The Morgan fingerprint density at radius 2 is 1.38 bits per heavy atom. The van der Waals surface area contributed by atoms with Crippen molar-refractivity contribution >= 4 is 35.5 Å². The molecule has 0 radical (unpaired) electrons. The van der Waals surface area contributed by atoms with Gasteiger partial charge in [0.25, 0.3) is 0 Å². The summed E-state index contributed by atoms with van der Waals surface area (Å²) in [5.41, 5.74) is 6.18. The Balaban J connectivity index is 5.61. The number of hydrogen-bond acceptors (Lipinski definition) is 2. The standard InChI is InChI=1S/C9H23NS3/c1-5-13(6-2,7-3,8-4)9(10)12-11/h11H,5-8,10H2,1-4H3. The number of rotatable bonds is 4. The van der Waals surface area contributed by atoms with E-state index in [9.17, 15) is 0 Å². The molecule has 0 aliphatic carbocycles. The number of hydrogen-bond donors (Lipinski definition) is 2. The molecule has 0 amide bonds. The highest BCUT2D eigenvalue weighted by atomic mass is 33.1. The minimum atomic E-state index is -1.47. The van der Waals surface area contributed by atoms with Crippen molar-refractivity contribution in [3.63, 3.8) is 0 Å². The minimum Gasteiger partial charge on any atom is -0.293 e. The fraction of sp³-hybridized carbons (Fsp3) is 0.889. The quantitative estimate of drug-likeness (QED) is 0.449. The average Bonchev–Trinajstić information content (AvgIpc) is 2.22. The van der Waals surface area contributed by atoms with Gasteiger partial charge in [0, 0.05) is 0 Å². The molecule has 82 valence electrons. The first-order valence-electron chi connectivity index (χ1n) is 4.86. The number of nitrogens with two attached hydrogens (primary N) is 1. The summed E-state index contributed by atoms with van der Waals surface area (Å²) in [4.78, 5) is 0. The van der Waals surface area contributed by atoms with Gasteiger partial charge in [0.15, 0.2) is 0 Å². The molecule has 4 heteroatoms. The van der Waals surface area contributed by atoms with Crippen LogP contribution in [0.1, 0.15) is 27.7 Å². The van der Waals surface area contributed by atoms with E-state index in [2.05, 4.69) is 39.4 Å². The highest BCUT2D eigenvalue weighted by Gasteiger charge is 2.29. The van der Waals surface area contributed by atoms with E-state index in [0.29, 0.717) is 0 Å². The van der Waals surface area contributed by atoms with Crippen LogP contribution in [0.5, 0.6) is 0 Å². The summed E-state index contributed by atoms with van der Waals surface area (Å²) in [6.45, 7) is 9.09. The minimum absolute atomic E-state index is 1.09. The van der Waals surface area contributed by atoms with Crippen molar-refractivity contribution < 1.29 is 0 Å². The maximum absolute atomic E-state index is 6.18. The van der Waals surface area contributed by atoms with Gasteiger partial charge in [-0.05, 0) is 33.8 Å². The SMILES string of the molecule is CCS(CC)(CC)(CC)=C(N)SS. The van der Waals surface area contributed by atoms with Crippen molar-refractivity contribution in [1.29, 1.82) is 0 Å². The van der Waals surface area contributed by atoms with Crippen LogP contribution in [-0.2, 0) is 0 Å². The van der Waals surface area contributed by atoms with Crippen LogP contribution in [0.4, 0.5) is 0 Å². The van der Waals surface area contributed by atoms with Gasteiger partial charge in [-0.2, -0.15) is 0 Å². The Kier molecular flexibility index (Phi) is 5.44. The zero-order chi connectivity index (χ0) is 10.6. The predicted octanol–water partition coefficient (Wildman–Crippen LogP) is 3.03. The van der Waals surface area contributed by atoms with Crippen molar-refractivity contribution in [2.24, 2.45) is 5.73 Å². The molecule has 1 nitrogen and oxygen atoms in total. The van der Waals surface area contributed by atoms with Crippen molar-refractivity contribution in [1.82, 2.24) is 0 Å². The highest BCUT2D eigenvalue weighted by molar-refractivity contribution is 8.80. The Morgan fingerprint density at radius 3 is 1.46 bits per heavy atom. The second-order valence-corrected chi connectivity index (χ2v) is 11.1. The summed E-state index contributed by atoms with van der Waals surface area (Å²) in [5.74, 6) is 4.83. The molecule has 0 rings (SSSR count). The molecule has 0 fully saturated rings. The van der Waals surface area contributed by atoms with E-state index in [1.54, 1.807) is 0 Å². The lowest BCUT2D eigenvalue weighted by Crippen LogP contribution is -2.30. The lowest BCUT2D eigenvalue weighted by atomic mass is 10.9. The van der Waals surface area contributed by atoms with Crippen LogP contribution < -0.4 is 5.73 Å². The molecule has 0 aliphatic rings. The first-order valence-corrected chi connectivity index (χ1v) is 9.45. The third kappa shape index (κ3) is 2.11. The molecule has 0 spiro atoms. The van der Waals surface area contributed by atoms with Gasteiger partial charge < -0.3 is 0 Å². The molecule has 0 unspecified atom stereocenters. The molecular weight excluding hydrogens is 218 g/mol. The van der Waals surface area contributed by atoms with Crippen molar-refractivity contribution in [2.45, 2.75) is 27.7 Å². The molecule has 0 aromatic heterocycles. The summed E-state index contributed by atoms with van der Waals surface area (Å²) in [6.07, 6.45) is 0. The van der Waals surface area contributed by atoms with E-state index in [-0.39, 0.29) is 0 Å². The summed E-state index contributed by atoms with van der Waals surface area (Å²) < 4.78 is 1.09. The molecule has 0 atom stereocenters. The highest BCUT2D eigenvalue weighted by Crippen LogP contribution is 2.60. The largest absolute Gasteiger partial charge is 0.293 e. The Labute approximate surface area is 91.9 Å². The monoisotopic (exact) mass is 241 g/mol. The van der Waals surface area contributed by atoms with Crippen LogP contribution in [0.2, 0.25) is 0 Å². The van der Waals surface area contributed by atoms with Gasteiger partial charge >= 0.3 is 0 Å². The molecule has 0 heterocycles. The molecule has 0 aromatic rings.